The van der Waals surface area contributed by atoms with Crippen molar-refractivity contribution in [1.82, 2.24) is 0 Å². The van der Waals surface area contributed by atoms with Gasteiger partial charge in [0.25, 0.3) is 0 Å². The van der Waals surface area contributed by atoms with E-state index in [2.05, 4.69) is 0 Å². The first-order valence-electron chi connectivity index (χ1n) is 5.60. The van der Waals surface area contributed by atoms with Crippen molar-refractivity contribution in [3.05, 3.63) is 59.2 Å². The van der Waals surface area contributed by atoms with Crippen LogP contribution in [0.25, 0.3) is 11.1 Å². The third-order valence-corrected chi connectivity index (χ3v) is 2.80. The van der Waals surface area contributed by atoms with E-state index in [9.17, 15) is 13.2 Å². The van der Waals surface area contributed by atoms with E-state index in [4.69, 9.17) is 5.26 Å². The first kappa shape index (κ1) is 13.2. The lowest BCUT2D eigenvalue weighted by Gasteiger charge is -2.11. The molecule has 0 heterocycles. The number of nitrogens with zero attached hydrogens (tertiary/aromatic N) is 1. The van der Waals surface area contributed by atoms with Crippen LogP contribution in [0.3, 0.4) is 0 Å². The molecule has 4 heteroatoms. The Kier molecular flexibility index (Phi) is 3.30. The van der Waals surface area contributed by atoms with Crippen molar-refractivity contribution in [2.75, 3.05) is 0 Å². The van der Waals surface area contributed by atoms with Crippen LogP contribution in [0.15, 0.2) is 42.5 Å². The number of nitriles is 1. The maximum atomic E-state index is 12.7. The third-order valence-electron chi connectivity index (χ3n) is 2.80. The predicted molar refractivity (Wildman–Crippen MR) is 66.3 cm³/mol. The molecule has 0 radical (unpaired) electrons. The van der Waals surface area contributed by atoms with E-state index in [1.54, 1.807) is 18.2 Å². The summed E-state index contributed by atoms with van der Waals surface area (Å²) in [6.07, 6.45) is -4.41. The Morgan fingerprint density at radius 2 is 1.79 bits per heavy atom. The van der Waals surface area contributed by atoms with Crippen LogP contribution in [-0.4, -0.2) is 0 Å². The molecule has 0 aliphatic carbocycles. The fraction of sp³-hybridized carbons (Fsp3) is 0.133. The second-order valence-electron chi connectivity index (χ2n) is 4.24. The van der Waals surface area contributed by atoms with Crippen molar-refractivity contribution >= 4 is 0 Å². The van der Waals surface area contributed by atoms with E-state index < -0.39 is 11.7 Å². The molecule has 0 saturated carbocycles. The van der Waals surface area contributed by atoms with Gasteiger partial charge < -0.3 is 0 Å². The SMILES string of the molecule is Cc1cccc(-c2cc(C(F)(F)F)ccc2C#N)c1. The molecule has 96 valence electrons. The lowest BCUT2D eigenvalue weighted by Crippen LogP contribution is -2.05. The van der Waals surface area contributed by atoms with Crippen molar-refractivity contribution in [3.8, 4) is 17.2 Å². The Hall–Kier alpha value is -2.28. The second-order valence-corrected chi connectivity index (χ2v) is 4.24. The minimum absolute atomic E-state index is 0.235. The van der Waals surface area contributed by atoms with Crippen LogP contribution in [0.5, 0.6) is 0 Å². The van der Waals surface area contributed by atoms with Crippen molar-refractivity contribution in [3.63, 3.8) is 0 Å². The highest BCUT2D eigenvalue weighted by atomic mass is 19.4. The zero-order valence-corrected chi connectivity index (χ0v) is 10.1. The summed E-state index contributed by atoms with van der Waals surface area (Å²) in [5, 5.41) is 9.01. The van der Waals surface area contributed by atoms with Gasteiger partial charge in [0.1, 0.15) is 0 Å². The van der Waals surface area contributed by atoms with Gasteiger partial charge in [-0.15, -0.1) is 0 Å². The van der Waals surface area contributed by atoms with Crippen molar-refractivity contribution < 1.29 is 13.2 Å². The van der Waals surface area contributed by atoms with Gasteiger partial charge in [0.05, 0.1) is 17.2 Å². The summed E-state index contributed by atoms with van der Waals surface area (Å²) in [4.78, 5) is 0. The Bertz CT molecular complexity index is 651. The van der Waals surface area contributed by atoms with E-state index in [1.807, 2.05) is 19.1 Å². The molecule has 2 aromatic carbocycles. The van der Waals surface area contributed by atoms with Crippen LogP contribution in [0.1, 0.15) is 16.7 Å². The highest BCUT2D eigenvalue weighted by molar-refractivity contribution is 5.71. The molecule has 2 aromatic rings. The molecular weight excluding hydrogens is 251 g/mol. The molecule has 0 aromatic heterocycles. The first-order chi connectivity index (χ1) is 8.91. The number of hydrogen-bond acceptors (Lipinski definition) is 1. The Morgan fingerprint density at radius 1 is 1.05 bits per heavy atom. The summed E-state index contributed by atoms with van der Waals surface area (Å²) >= 11 is 0. The molecule has 0 spiro atoms. The quantitative estimate of drug-likeness (QED) is 0.738. The van der Waals surface area contributed by atoms with Gasteiger partial charge >= 0.3 is 6.18 Å². The van der Waals surface area contributed by atoms with Gasteiger partial charge in [0.2, 0.25) is 0 Å². The fourth-order valence-electron chi connectivity index (χ4n) is 1.87. The van der Waals surface area contributed by atoms with E-state index in [0.717, 1.165) is 17.7 Å². The number of aryl methyl sites for hydroxylation is 1. The molecule has 0 fully saturated rings. The number of alkyl halides is 3. The van der Waals surface area contributed by atoms with Crippen LogP contribution in [-0.2, 0) is 6.18 Å². The van der Waals surface area contributed by atoms with Crippen LogP contribution in [0.2, 0.25) is 0 Å². The monoisotopic (exact) mass is 261 g/mol. The van der Waals surface area contributed by atoms with E-state index in [-0.39, 0.29) is 5.56 Å². The van der Waals surface area contributed by atoms with Crippen LogP contribution in [0, 0.1) is 18.3 Å². The van der Waals surface area contributed by atoms with Crippen molar-refractivity contribution in [1.29, 1.82) is 5.26 Å². The molecule has 2 rings (SSSR count). The zero-order valence-electron chi connectivity index (χ0n) is 10.1. The lowest BCUT2D eigenvalue weighted by atomic mass is 9.96. The summed E-state index contributed by atoms with van der Waals surface area (Å²) in [5.74, 6) is 0. The van der Waals surface area contributed by atoms with Crippen LogP contribution < -0.4 is 0 Å². The maximum Gasteiger partial charge on any atom is 0.416 e. The Balaban J connectivity index is 2.64. The smallest absolute Gasteiger partial charge is 0.192 e. The summed E-state index contributed by atoms with van der Waals surface area (Å²) in [5.41, 5.74) is 1.34. The number of rotatable bonds is 1. The van der Waals surface area contributed by atoms with Gasteiger partial charge in [-0.2, -0.15) is 18.4 Å². The lowest BCUT2D eigenvalue weighted by molar-refractivity contribution is -0.137. The normalized spacial score (nSPS) is 11.1. The van der Waals surface area contributed by atoms with Gasteiger partial charge in [0.15, 0.2) is 0 Å². The minimum atomic E-state index is -4.41. The molecule has 0 unspecified atom stereocenters. The molecule has 0 N–H and O–H groups in total. The minimum Gasteiger partial charge on any atom is -0.192 e. The Morgan fingerprint density at radius 3 is 2.37 bits per heavy atom. The summed E-state index contributed by atoms with van der Waals surface area (Å²) in [6, 6.07) is 12.1. The molecular formula is C15H10F3N. The first-order valence-corrected chi connectivity index (χ1v) is 5.60. The standard InChI is InChI=1S/C15H10F3N/c1-10-3-2-4-11(7-10)14-8-13(15(16,17)18)6-5-12(14)9-19/h2-8H,1H3. The third kappa shape index (κ3) is 2.76. The van der Waals surface area contributed by atoms with Gasteiger partial charge in [-0.3, -0.25) is 0 Å². The average molecular weight is 261 g/mol. The zero-order chi connectivity index (χ0) is 14.0. The number of halogens is 3. The molecule has 0 saturated heterocycles. The summed E-state index contributed by atoms with van der Waals surface area (Å²) in [7, 11) is 0. The van der Waals surface area contributed by atoms with E-state index >= 15 is 0 Å². The fourth-order valence-corrected chi connectivity index (χ4v) is 1.87. The van der Waals surface area contributed by atoms with Crippen LogP contribution >= 0.6 is 0 Å². The van der Waals surface area contributed by atoms with E-state index in [1.165, 1.54) is 6.07 Å². The van der Waals surface area contributed by atoms with Crippen molar-refractivity contribution in [2.24, 2.45) is 0 Å². The second kappa shape index (κ2) is 4.77. The van der Waals surface area contributed by atoms with Crippen LogP contribution in [0.4, 0.5) is 13.2 Å². The van der Waals surface area contributed by atoms with Gasteiger partial charge in [-0.1, -0.05) is 29.8 Å². The molecule has 0 aliphatic rings. The summed E-state index contributed by atoms with van der Waals surface area (Å²) in [6.45, 7) is 1.85. The molecule has 0 aliphatic heterocycles. The molecule has 0 atom stereocenters. The Labute approximate surface area is 108 Å². The molecule has 0 amide bonds. The average Bonchev–Trinajstić information content (AvgIpc) is 2.37. The predicted octanol–water partition coefficient (Wildman–Crippen LogP) is 4.55. The molecule has 0 bridgehead atoms. The highest BCUT2D eigenvalue weighted by Gasteiger charge is 2.31. The molecule has 1 nitrogen and oxygen atoms in total. The van der Waals surface area contributed by atoms with Gasteiger partial charge in [0, 0.05) is 5.56 Å². The summed E-state index contributed by atoms with van der Waals surface area (Å²) < 4.78 is 38.1. The maximum absolute atomic E-state index is 12.7. The topological polar surface area (TPSA) is 23.8 Å². The van der Waals surface area contributed by atoms with Gasteiger partial charge in [-0.05, 0) is 30.7 Å². The van der Waals surface area contributed by atoms with Gasteiger partial charge in [-0.25, -0.2) is 0 Å². The van der Waals surface area contributed by atoms with E-state index in [0.29, 0.717) is 11.1 Å². The van der Waals surface area contributed by atoms with Crippen molar-refractivity contribution in [2.45, 2.75) is 13.1 Å². The number of hydrogen-bond donors (Lipinski definition) is 0. The highest BCUT2D eigenvalue weighted by Crippen LogP contribution is 2.34. The molecule has 19 heavy (non-hydrogen) atoms. The largest absolute Gasteiger partial charge is 0.416 e. The number of benzene rings is 2.